The molecule has 0 aliphatic heterocycles. The molecule has 9 heteroatoms. The Morgan fingerprint density at radius 3 is 2.28 bits per heavy atom. The maximum absolute atomic E-state index is 14.0. The minimum atomic E-state index is -3.51. The molecule has 1 amide bonds. The van der Waals surface area contributed by atoms with E-state index >= 15 is 0 Å². The van der Waals surface area contributed by atoms with Crippen LogP contribution in [-0.4, -0.2) is 44.3 Å². The van der Waals surface area contributed by atoms with Crippen molar-refractivity contribution in [2.75, 3.05) is 19.8 Å². The van der Waals surface area contributed by atoms with Crippen LogP contribution in [0.3, 0.4) is 0 Å². The Morgan fingerprint density at radius 1 is 1.14 bits per heavy atom. The maximum atomic E-state index is 14.0. The fourth-order valence-electron chi connectivity index (χ4n) is 2.49. The van der Waals surface area contributed by atoms with Crippen molar-refractivity contribution in [1.82, 2.24) is 9.62 Å². The van der Waals surface area contributed by atoms with E-state index in [4.69, 9.17) is 0 Å². The summed E-state index contributed by atoms with van der Waals surface area (Å²) < 4.78 is 39.4. The maximum Gasteiger partial charge on any atom is 0.242 e. The van der Waals surface area contributed by atoms with E-state index in [0.29, 0.717) is 0 Å². The number of amides is 1. The first kappa shape index (κ1) is 23.1. The predicted octanol–water partition coefficient (Wildman–Crippen LogP) is 3.25. The van der Waals surface area contributed by atoms with Gasteiger partial charge in [-0.05, 0) is 43.7 Å². The van der Waals surface area contributed by atoms with Gasteiger partial charge in [-0.1, -0.05) is 18.2 Å². The summed E-state index contributed by atoms with van der Waals surface area (Å²) >= 11 is 1.04. The number of carbonyl (C=O) groups is 2. The summed E-state index contributed by atoms with van der Waals surface area (Å²) in [7, 11) is -0.591. The van der Waals surface area contributed by atoms with E-state index in [-0.39, 0.29) is 38.8 Å². The Balaban J connectivity index is 1.96. The lowest BCUT2D eigenvalue weighted by Gasteiger charge is -2.16. The standard InChI is InChI=1S/C20H23FN2O4S2/c1-13(15-5-8-17(9-6-15)29(26,27)23(3)4)22-20(25)12-28-19-10-7-16(14(2)24)11-18(19)21/h5-11,13H,12H2,1-4H3,(H,22,25). The third-order valence-electron chi connectivity index (χ3n) is 4.23. The topological polar surface area (TPSA) is 83.5 Å². The summed E-state index contributed by atoms with van der Waals surface area (Å²) in [5, 5.41) is 2.80. The largest absolute Gasteiger partial charge is 0.349 e. The Labute approximate surface area is 174 Å². The minimum absolute atomic E-state index is 0.00771. The molecule has 0 saturated carbocycles. The number of thioether (sulfide) groups is 1. The first-order valence-corrected chi connectivity index (χ1v) is 11.2. The van der Waals surface area contributed by atoms with Crippen molar-refractivity contribution in [3.63, 3.8) is 0 Å². The number of hydrogen-bond donors (Lipinski definition) is 1. The van der Waals surface area contributed by atoms with Crippen LogP contribution in [0.2, 0.25) is 0 Å². The monoisotopic (exact) mass is 438 g/mol. The summed E-state index contributed by atoms with van der Waals surface area (Å²) in [5.41, 5.74) is 1.03. The summed E-state index contributed by atoms with van der Waals surface area (Å²) in [5.74, 6) is -1.05. The third-order valence-corrected chi connectivity index (χ3v) is 7.11. The van der Waals surface area contributed by atoms with Crippen LogP contribution in [0.25, 0.3) is 0 Å². The van der Waals surface area contributed by atoms with Crippen molar-refractivity contribution in [1.29, 1.82) is 0 Å². The van der Waals surface area contributed by atoms with Gasteiger partial charge in [-0.15, -0.1) is 11.8 Å². The predicted molar refractivity (Wildman–Crippen MR) is 111 cm³/mol. The number of benzene rings is 2. The number of nitrogens with one attached hydrogen (secondary N) is 1. The smallest absolute Gasteiger partial charge is 0.242 e. The molecule has 0 saturated heterocycles. The molecule has 6 nitrogen and oxygen atoms in total. The van der Waals surface area contributed by atoms with Crippen molar-refractivity contribution in [3.8, 4) is 0 Å². The van der Waals surface area contributed by atoms with Gasteiger partial charge < -0.3 is 5.32 Å². The molecule has 0 bridgehead atoms. The number of ketones is 1. The van der Waals surface area contributed by atoms with Gasteiger partial charge >= 0.3 is 0 Å². The van der Waals surface area contributed by atoms with Gasteiger partial charge in [0, 0.05) is 24.6 Å². The quantitative estimate of drug-likeness (QED) is 0.505. The van der Waals surface area contributed by atoms with Crippen molar-refractivity contribution in [3.05, 3.63) is 59.4 Å². The number of nitrogens with zero attached hydrogens (tertiary/aromatic N) is 1. The molecule has 29 heavy (non-hydrogen) atoms. The molecule has 2 aromatic rings. The molecule has 1 N–H and O–H groups in total. The van der Waals surface area contributed by atoms with E-state index in [1.54, 1.807) is 19.1 Å². The fraction of sp³-hybridized carbons (Fsp3) is 0.300. The van der Waals surface area contributed by atoms with E-state index in [1.807, 2.05) is 0 Å². The summed E-state index contributed by atoms with van der Waals surface area (Å²) in [6.45, 7) is 3.14. The molecule has 0 aliphatic rings. The van der Waals surface area contributed by atoms with E-state index in [1.165, 1.54) is 45.3 Å². The molecule has 0 heterocycles. The molecule has 0 aliphatic carbocycles. The Kier molecular flexibility index (Phi) is 7.56. The molecule has 2 aromatic carbocycles. The van der Waals surface area contributed by atoms with Crippen LogP contribution >= 0.6 is 11.8 Å². The normalized spacial score (nSPS) is 12.6. The van der Waals surface area contributed by atoms with Crippen molar-refractivity contribution in [2.45, 2.75) is 29.7 Å². The average molecular weight is 439 g/mol. The highest BCUT2D eigenvalue weighted by atomic mass is 32.2. The average Bonchev–Trinajstić information content (AvgIpc) is 2.66. The van der Waals surface area contributed by atoms with Gasteiger partial charge in [0.15, 0.2) is 5.78 Å². The van der Waals surface area contributed by atoms with Gasteiger partial charge in [-0.2, -0.15) is 0 Å². The fourth-order valence-corrected chi connectivity index (χ4v) is 4.12. The second-order valence-electron chi connectivity index (χ2n) is 6.64. The number of Topliss-reactive ketones (excluding diaryl/α,β-unsaturated/α-hetero) is 1. The van der Waals surface area contributed by atoms with Crippen LogP contribution in [0.1, 0.15) is 35.8 Å². The van der Waals surface area contributed by atoms with Crippen molar-refractivity contribution >= 4 is 33.5 Å². The van der Waals surface area contributed by atoms with Crippen LogP contribution in [0.5, 0.6) is 0 Å². The third kappa shape index (κ3) is 5.88. The van der Waals surface area contributed by atoms with Gasteiger partial charge in [-0.3, -0.25) is 9.59 Å². The minimum Gasteiger partial charge on any atom is -0.349 e. The molecule has 0 fully saturated rings. The van der Waals surface area contributed by atoms with Crippen molar-refractivity contribution in [2.24, 2.45) is 0 Å². The summed E-state index contributed by atoms with van der Waals surface area (Å²) in [6, 6.07) is 10.1. The highest BCUT2D eigenvalue weighted by molar-refractivity contribution is 8.00. The van der Waals surface area contributed by atoms with Gasteiger partial charge in [0.2, 0.25) is 15.9 Å². The van der Waals surface area contributed by atoms with Crippen LogP contribution in [0.4, 0.5) is 4.39 Å². The lowest BCUT2D eigenvalue weighted by molar-refractivity contribution is -0.119. The van der Waals surface area contributed by atoms with Gasteiger partial charge in [0.25, 0.3) is 0 Å². The number of sulfonamides is 1. The molecule has 0 aromatic heterocycles. The molecular weight excluding hydrogens is 415 g/mol. The molecule has 1 unspecified atom stereocenters. The van der Waals surface area contributed by atoms with E-state index in [9.17, 15) is 22.4 Å². The van der Waals surface area contributed by atoms with E-state index in [0.717, 1.165) is 27.7 Å². The summed E-state index contributed by atoms with van der Waals surface area (Å²) in [4.78, 5) is 23.9. The SMILES string of the molecule is CC(=O)c1ccc(SCC(=O)NC(C)c2ccc(S(=O)(=O)N(C)C)cc2)c(F)c1. The zero-order valence-corrected chi connectivity index (χ0v) is 18.2. The Bertz CT molecular complexity index is 1010. The molecule has 1 atom stereocenters. The molecule has 0 spiro atoms. The Hall–Kier alpha value is -2.23. The van der Waals surface area contributed by atoms with Crippen LogP contribution in [0.15, 0.2) is 52.3 Å². The first-order valence-electron chi connectivity index (χ1n) is 8.77. The Morgan fingerprint density at radius 2 is 1.76 bits per heavy atom. The lowest BCUT2D eigenvalue weighted by Crippen LogP contribution is -2.28. The number of halogens is 1. The van der Waals surface area contributed by atoms with Gasteiger partial charge in [0.1, 0.15) is 5.82 Å². The van der Waals surface area contributed by atoms with Crippen molar-refractivity contribution < 1.29 is 22.4 Å². The zero-order chi connectivity index (χ0) is 21.8. The van der Waals surface area contributed by atoms with E-state index in [2.05, 4.69) is 5.32 Å². The molecule has 156 valence electrons. The molecule has 0 radical (unpaired) electrons. The number of carbonyl (C=O) groups excluding carboxylic acids is 2. The zero-order valence-electron chi connectivity index (χ0n) is 16.6. The lowest BCUT2D eigenvalue weighted by atomic mass is 10.1. The van der Waals surface area contributed by atoms with Crippen LogP contribution < -0.4 is 5.32 Å². The molecular formula is C20H23FN2O4S2. The second kappa shape index (κ2) is 9.51. The highest BCUT2D eigenvalue weighted by Crippen LogP contribution is 2.23. The number of rotatable bonds is 8. The van der Waals surface area contributed by atoms with E-state index < -0.39 is 15.8 Å². The van der Waals surface area contributed by atoms with Crippen LogP contribution in [-0.2, 0) is 14.8 Å². The number of hydrogen-bond acceptors (Lipinski definition) is 5. The molecule has 2 rings (SSSR count). The second-order valence-corrected chi connectivity index (χ2v) is 9.80. The van der Waals surface area contributed by atoms with Crippen LogP contribution in [0, 0.1) is 5.82 Å². The van der Waals surface area contributed by atoms with Gasteiger partial charge in [0.05, 0.1) is 16.7 Å². The summed E-state index contributed by atoms with van der Waals surface area (Å²) in [6.07, 6.45) is 0. The van der Waals surface area contributed by atoms with Gasteiger partial charge in [-0.25, -0.2) is 17.1 Å². The first-order chi connectivity index (χ1) is 13.5. The highest BCUT2D eigenvalue weighted by Gasteiger charge is 2.18.